The Hall–Kier alpha value is -2.74. The van der Waals surface area contributed by atoms with Crippen LogP contribution in [0.4, 0.5) is 14.5 Å². The van der Waals surface area contributed by atoms with E-state index in [1.165, 1.54) is 35.2 Å². The largest absolute Gasteiger partial charge is 0.489 e. The average Bonchev–Trinajstić information content (AvgIpc) is 3.03. The first-order chi connectivity index (χ1) is 14.9. The van der Waals surface area contributed by atoms with E-state index in [-0.39, 0.29) is 23.4 Å². The summed E-state index contributed by atoms with van der Waals surface area (Å²) in [4.78, 5) is 14.6. The fraction of sp³-hybridized carbons (Fsp3) is 0.0435. The molecule has 1 aliphatic heterocycles. The molecule has 31 heavy (non-hydrogen) atoms. The molecule has 1 fully saturated rings. The number of halogens is 3. The number of hydrogen-bond acceptors (Lipinski definition) is 4. The van der Waals surface area contributed by atoms with Crippen LogP contribution in [0.15, 0.2) is 71.6 Å². The molecule has 3 aromatic rings. The molecule has 4 rings (SSSR count). The molecule has 0 radical (unpaired) electrons. The summed E-state index contributed by atoms with van der Waals surface area (Å²) in [6.45, 7) is 0.289. The minimum atomic E-state index is -0.566. The molecule has 156 valence electrons. The Labute approximate surface area is 192 Å². The van der Waals surface area contributed by atoms with E-state index in [9.17, 15) is 13.6 Å². The first kappa shape index (κ1) is 21.5. The van der Waals surface area contributed by atoms with Gasteiger partial charge in [-0.3, -0.25) is 9.69 Å². The Morgan fingerprint density at radius 1 is 1.06 bits per heavy atom. The third-order valence-corrected chi connectivity index (χ3v) is 6.02. The normalized spacial score (nSPS) is 15.1. The van der Waals surface area contributed by atoms with E-state index < -0.39 is 5.82 Å². The van der Waals surface area contributed by atoms with E-state index >= 15 is 0 Å². The highest BCUT2D eigenvalue weighted by Crippen LogP contribution is 2.37. The standard InChI is InChI=1S/C23H14ClF2NO2S2/c24-19-12-17(8-9-20(19)26)27-22(28)21(31-23(27)30)11-15-2-1-3-18(10-15)29-13-14-4-6-16(25)7-5-14/h1-12H,13H2. The highest BCUT2D eigenvalue weighted by atomic mass is 35.5. The first-order valence-electron chi connectivity index (χ1n) is 9.11. The van der Waals surface area contributed by atoms with Gasteiger partial charge in [0, 0.05) is 0 Å². The second-order valence-corrected chi connectivity index (χ2v) is 8.69. The molecule has 1 saturated heterocycles. The average molecular weight is 474 g/mol. The van der Waals surface area contributed by atoms with Crippen LogP contribution in [0.25, 0.3) is 6.08 Å². The van der Waals surface area contributed by atoms with Gasteiger partial charge in [-0.15, -0.1) is 0 Å². The molecule has 0 aromatic heterocycles. The topological polar surface area (TPSA) is 29.5 Å². The summed E-state index contributed by atoms with van der Waals surface area (Å²) in [5, 5.41) is -0.0819. The Balaban J connectivity index is 1.51. The van der Waals surface area contributed by atoms with Gasteiger partial charge in [0.15, 0.2) is 4.32 Å². The van der Waals surface area contributed by atoms with Crippen LogP contribution in [0.1, 0.15) is 11.1 Å². The SMILES string of the molecule is O=C1C(=Cc2cccc(OCc3ccc(F)cc3)c2)SC(=S)N1c1ccc(F)c(Cl)c1. The van der Waals surface area contributed by atoms with Crippen LogP contribution in [0.2, 0.25) is 5.02 Å². The van der Waals surface area contributed by atoms with Crippen molar-refractivity contribution < 1.29 is 18.3 Å². The van der Waals surface area contributed by atoms with Crippen LogP contribution in [0.5, 0.6) is 5.75 Å². The number of carbonyl (C=O) groups excluding carboxylic acids is 1. The number of thiocarbonyl (C=S) groups is 1. The van der Waals surface area contributed by atoms with Crippen molar-refractivity contribution in [2.24, 2.45) is 0 Å². The van der Waals surface area contributed by atoms with E-state index in [2.05, 4.69) is 0 Å². The van der Waals surface area contributed by atoms with E-state index in [1.54, 1.807) is 30.3 Å². The predicted octanol–water partition coefficient (Wildman–Crippen LogP) is 6.60. The van der Waals surface area contributed by atoms with Crippen LogP contribution in [0.3, 0.4) is 0 Å². The van der Waals surface area contributed by atoms with Crippen LogP contribution in [-0.4, -0.2) is 10.2 Å². The van der Waals surface area contributed by atoms with Crippen molar-refractivity contribution in [3.63, 3.8) is 0 Å². The van der Waals surface area contributed by atoms with Crippen molar-refractivity contribution in [2.75, 3.05) is 4.90 Å². The quantitative estimate of drug-likeness (QED) is 0.308. The fourth-order valence-corrected chi connectivity index (χ4v) is 4.38. The van der Waals surface area contributed by atoms with Gasteiger partial charge in [0.2, 0.25) is 0 Å². The zero-order chi connectivity index (χ0) is 22.0. The zero-order valence-corrected chi connectivity index (χ0v) is 18.2. The van der Waals surface area contributed by atoms with Gasteiger partial charge in [-0.1, -0.05) is 59.8 Å². The minimum absolute atomic E-state index is 0.0819. The van der Waals surface area contributed by atoms with Crippen LogP contribution in [0, 0.1) is 11.6 Å². The van der Waals surface area contributed by atoms with Gasteiger partial charge in [0.05, 0.1) is 15.6 Å². The van der Waals surface area contributed by atoms with Gasteiger partial charge in [-0.25, -0.2) is 8.78 Å². The van der Waals surface area contributed by atoms with E-state index in [0.29, 0.717) is 20.7 Å². The minimum Gasteiger partial charge on any atom is -0.489 e. The number of hydrogen-bond donors (Lipinski definition) is 0. The van der Waals surface area contributed by atoms with Crippen molar-refractivity contribution in [3.8, 4) is 5.75 Å². The second kappa shape index (κ2) is 9.18. The molecule has 0 saturated carbocycles. The van der Waals surface area contributed by atoms with Gasteiger partial charge in [0.25, 0.3) is 5.91 Å². The van der Waals surface area contributed by atoms with Crippen molar-refractivity contribution in [1.29, 1.82) is 0 Å². The first-order valence-corrected chi connectivity index (χ1v) is 10.7. The molecule has 1 heterocycles. The summed E-state index contributed by atoms with van der Waals surface area (Å²) in [5.41, 5.74) is 2.01. The smallest absolute Gasteiger partial charge is 0.270 e. The maximum absolute atomic E-state index is 13.5. The van der Waals surface area contributed by atoms with E-state index in [4.69, 9.17) is 28.6 Å². The molecule has 8 heteroatoms. The lowest BCUT2D eigenvalue weighted by molar-refractivity contribution is -0.113. The lowest BCUT2D eigenvalue weighted by Gasteiger charge is -2.14. The molecule has 0 spiro atoms. The Morgan fingerprint density at radius 3 is 2.58 bits per heavy atom. The second-order valence-electron chi connectivity index (χ2n) is 6.60. The molecular weight excluding hydrogens is 460 g/mol. The Kier molecular flexibility index (Phi) is 6.36. The molecule has 0 N–H and O–H groups in total. The summed E-state index contributed by atoms with van der Waals surface area (Å²) in [7, 11) is 0. The highest BCUT2D eigenvalue weighted by Gasteiger charge is 2.33. The Bertz CT molecular complexity index is 1200. The summed E-state index contributed by atoms with van der Waals surface area (Å²) < 4.78 is 32.6. The number of carbonyl (C=O) groups is 1. The molecule has 1 amide bonds. The third kappa shape index (κ3) is 4.95. The third-order valence-electron chi connectivity index (χ3n) is 4.43. The molecule has 1 aliphatic rings. The number of rotatable bonds is 5. The molecule has 0 aliphatic carbocycles. The Morgan fingerprint density at radius 2 is 1.84 bits per heavy atom. The fourth-order valence-electron chi connectivity index (χ4n) is 2.91. The zero-order valence-electron chi connectivity index (χ0n) is 15.8. The van der Waals surface area contributed by atoms with E-state index in [1.807, 2.05) is 12.1 Å². The molecule has 0 bridgehead atoms. The molecular formula is C23H14ClF2NO2S2. The van der Waals surface area contributed by atoms with E-state index in [0.717, 1.165) is 22.9 Å². The molecule has 0 unspecified atom stereocenters. The van der Waals surface area contributed by atoms with Crippen LogP contribution in [-0.2, 0) is 11.4 Å². The van der Waals surface area contributed by atoms with Crippen LogP contribution < -0.4 is 9.64 Å². The van der Waals surface area contributed by atoms with Gasteiger partial charge in [-0.2, -0.15) is 0 Å². The molecule has 3 aromatic carbocycles. The number of benzene rings is 3. The number of ether oxygens (including phenoxy) is 1. The number of nitrogens with zero attached hydrogens (tertiary/aromatic N) is 1. The predicted molar refractivity (Wildman–Crippen MR) is 124 cm³/mol. The van der Waals surface area contributed by atoms with Crippen molar-refractivity contribution >= 4 is 57.6 Å². The van der Waals surface area contributed by atoms with Gasteiger partial charge in [0.1, 0.15) is 24.0 Å². The summed E-state index contributed by atoms with van der Waals surface area (Å²) in [6, 6.07) is 17.3. The summed E-state index contributed by atoms with van der Waals surface area (Å²) >= 11 is 12.3. The molecule has 3 nitrogen and oxygen atoms in total. The number of thioether (sulfide) groups is 1. The van der Waals surface area contributed by atoms with Crippen molar-refractivity contribution in [1.82, 2.24) is 0 Å². The van der Waals surface area contributed by atoms with Crippen LogP contribution >= 0.6 is 35.6 Å². The van der Waals surface area contributed by atoms with Gasteiger partial charge in [-0.05, 0) is 59.7 Å². The number of amides is 1. The highest BCUT2D eigenvalue weighted by molar-refractivity contribution is 8.27. The monoisotopic (exact) mass is 473 g/mol. The number of anilines is 1. The van der Waals surface area contributed by atoms with Crippen molar-refractivity contribution in [3.05, 3.63) is 99.4 Å². The van der Waals surface area contributed by atoms with Gasteiger partial charge >= 0.3 is 0 Å². The maximum Gasteiger partial charge on any atom is 0.270 e. The molecule has 0 atom stereocenters. The lowest BCUT2D eigenvalue weighted by Crippen LogP contribution is -2.27. The lowest BCUT2D eigenvalue weighted by atomic mass is 10.2. The van der Waals surface area contributed by atoms with Crippen molar-refractivity contribution in [2.45, 2.75) is 6.61 Å². The van der Waals surface area contributed by atoms with Gasteiger partial charge < -0.3 is 4.74 Å². The summed E-state index contributed by atoms with van der Waals surface area (Å²) in [6.07, 6.45) is 1.72. The summed E-state index contributed by atoms with van der Waals surface area (Å²) in [5.74, 6) is -0.566. The maximum atomic E-state index is 13.5.